The van der Waals surface area contributed by atoms with Crippen LogP contribution in [0.3, 0.4) is 0 Å². The Morgan fingerprint density at radius 3 is 2.68 bits per heavy atom. The summed E-state index contributed by atoms with van der Waals surface area (Å²) >= 11 is 5.86. The van der Waals surface area contributed by atoms with E-state index >= 15 is 0 Å². The zero-order valence-corrected chi connectivity index (χ0v) is 12.4. The summed E-state index contributed by atoms with van der Waals surface area (Å²) < 4.78 is 1.50. The molecule has 22 heavy (non-hydrogen) atoms. The molecular weight excluding hydrogens is 302 g/mol. The van der Waals surface area contributed by atoms with E-state index in [4.69, 9.17) is 17.3 Å². The van der Waals surface area contributed by atoms with Crippen molar-refractivity contribution >= 4 is 34.2 Å². The van der Waals surface area contributed by atoms with E-state index in [2.05, 4.69) is 5.10 Å². The quantitative estimate of drug-likeness (QED) is 0.725. The minimum Gasteiger partial charge on any atom is -0.480 e. The number of aliphatic carboxylic acids is 1. The molecule has 0 radical (unpaired) electrons. The van der Waals surface area contributed by atoms with E-state index in [0.717, 1.165) is 10.9 Å². The Morgan fingerprint density at radius 2 is 2.00 bits per heavy atom. The molecule has 3 N–H and O–H groups in total. The van der Waals surface area contributed by atoms with Gasteiger partial charge in [-0.1, -0.05) is 29.8 Å². The van der Waals surface area contributed by atoms with Gasteiger partial charge in [0.05, 0.1) is 11.7 Å². The molecule has 0 fully saturated rings. The molecule has 0 aliphatic carbocycles. The second kappa shape index (κ2) is 5.69. The lowest BCUT2D eigenvalue weighted by Gasteiger charge is -2.14. The van der Waals surface area contributed by atoms with Crippen LogP contribution >= 0.6 is 11.6 Å². The number of carboxylic acids is 1. The first kappa shape index (κ1) is 14.4. The Kier molecular flexibility index (Phi) is 3.73. The minimum atomic E-state index is -0.942. The highest BCUT2D eigenvalue weighted by Crippen LogP contribution is 2.25. The van der Waals surface area contributed by atoms with Crippen LogP contribution in [0.15, 0.2) is 48.7 Å². The highest BCUT2D eigenvalue weighted by atomic mass is 35.5. The number of aromatic nitrogens is 2. The minimum absolute atomic E-state index is 0.318. The SMILES string of the molecule is Nc1cccc2c1cnn2C(Cc1ccc(Cl)cc1)C(=O)O. The fourth-order valence-electron chi connectivity index (χ4n) is 2.46. The molecule has 2 aromatic carbocycles. The fourth-order valence-corrected chi connectivity index (χ4v) is 2.59. The molecule has 6 heteroatoms. The van der Waals surface area contributed by atoms with Crippen LogP contribution < -0.4 is 5.73 Å². The lowest BCUT2D eigenvalue weighted by Crippen LogP contribution is -2.22. The molecule has 1 heterocycles. The van der Waals surface area contributed by atoms with Crippen LogP contribution in [0.2, 0.25) is 5.02 Å². The van der Waals surface area contributed by atoms with Crippen LogP contribution in [0.25, 0.3) is 10.9 Å². The largest absolute Gasteiger partial charge is 0.480 e. The van der Waals surface area contributed by atoms with E-state index in [-0.39, 0.29) is 0 Å². The third-order valence-corrected chi connectivity index (χ3v) is 3.85. The van der Waals surface area contributed by atoms with Crippen LogP contribution in [-0.2, 0) is 11.2 Å². The molecule has 3 aromatic rings. The predicted molar refractivity (Wildman–Crippen MR) is 86.0 cm³/mol. The summed E-state index contributed by atoms with van der Waals surface area (Å²) in [6, 6.07) is 11.7. The number of fused-ring (bicyclic) bond motifs is 1. The van der Waals surface area contributed by atoms with Crippen molar-refractivity contribution in [3.05, 3.63) is 59.2 Å². The van der Waals surface area contributed by atoms with Gasteiger partial charge in [-0.2, -0.15) is 5.10 Å². The summed E-state index contributed by atoms with van der Waals surface area (Å²) in [5, 5.41) is 15.2. The number of nitrogens with two attached hydrogens (primary N) is 1. The van der Waals surface area contributed by atoms with Gasteiger partial charge in [0.1, 0.15) is 0 Å². The number of benzene rings is 2. The van der Waals surface area contributed by atoms with Gasteiger partial charge in [0.15, 0.2) is 6.04 Å². The van der Waals surface area contributed by atoms with Crippen molar-refractivity contribution in [3.63, 3.8) is 0 Å². The first-order valence-corrected chi connectivity index (χ1v) is 7.13. The molecule has 0 saturated heterocycles. The van der Waals surface area contributed by atoms with Crippen LogP contribution in [0.5, 0.6) is 0 Å². The molecule has 112 valence electrons. The average Bonchev–Trinajstić information content (AvgIpc) is 2.91. The molecule has 5 nitrogen and oxygen atoms in total. The summed E-state index contributed by atoms with van der Waals surface area (Å²) in [5.41, 5.74) is 8.07. The summed E-state index contributed by atoms with van der Waals surface area (Å²) in [6.07, 6.45) is 1.92. The summed E-state index contributed by atoms with van der Waals surface area (Å²) in [4.78, 5) is 11.7. The first-order valence-electron chi connectivity index (χ1n) is 6.75. The van der Waals surface area contributed by atoms with Crippen molar-refractivity contribution < 1.29 is 9.90 Å². The number of carboxylic acid groups (broad SMARTS) is 1. The number of hydrogen-bond donors (Lipinski definition) is 2. The Bertz CT molecular complexity index is 827. The number of nitrogen functional groups attached to an aromatic ring is 1. The summed E-state index contributed by atoms with van der Waals surface area (Å²) in [5.74, 6) is -0.942. The molecule has 0 bridgehead atoms. The normalized spacial score (nSPS) is 12.4. The Labute approximate surface area is 131 Å². The zero-order chi connectivity index (χ0) is 15.7. The van der Waals surface area contributed by atoms with Crippen molar-refractivity contribution in [1.29, 1.82) is 0 Å². The van der Waals surface area contributed by atoms with E-state index in [1.165, 1.54) is 4.68 Å². The predicted octanol–water partition coefficient (Wildman–Crippen LogP) is 3.14. The van der Waals surface area contributed by atoms with E-state index < -0.39 is 12.0 Å². The molecule has 1 unspecified atom stereocenters. The maximum atomic E-state index is 11.7. The molecule has 0 saturated carbocycles. The van der Waals surface area contributed by atoms with Gasteiger partial charge >= 0.3 is 5.97 Å². The van der Waals surface area contributed by atoms with Gasteiger partial charge in [-0.05, 0) is 29.8 Å². The maximum Gasteiger partial charge on any atom is 0.328 e. The van der Waals surface area contributed by atoms with Crippen LogP contribution in [-0.4, -0.2) is 20.9 Å². The number of anilines is 1. The van der Waals surface area contributed by atoms with Gasteiger partial charge in [-0.15, -0.1) is 0 Å². The number of carbonyl (C=O) groups is 1. The van der Waals surface area contributed by atoms with Crippen LogP contribution in [0.1, 0.15) is 11.6 Å². The van der Waals surface area contributed by atoms with E-state index in [0.29, 0.717) is 22.6 Å². The third kappa shape index (κ3) is 2.63. The highest BCUT2D eigenvalue weighted by Gasteiger charge is 2.23. The molecule has 0 aliphatic heterocycles. The number of halogens is 1. The Hall–Kier alpha value is -2.53. The Balaban J connectivity index is 2.01. The van der Waals surface area contributed by atoms with Gasteiger partial charge in [0.2, 0.25) is 0 Å². The maximum absolute atomic E-state index is 11.7. The van der Waals surface area contributed by atoms with Gasteiger partial charge in [0, 0.05) is 22.5 Å². The van der Waals surface area contributed by atoms with Crippen LogP contribution in [0, 0.1) is 0 Å². The number of nitrogens with zero attached hydrogens (tertiary/aromatic N) is 2. The van der Waals surface area contributed by atoms with Crippen molar-refractivity contribution in [2.75, 3.05) is 5.73 Å². The molecule has 1 aromatic heterocycles. The van der Waals surface area contributed by atoms with Gasteiger partial charge < -0.3 is 10.8 Å². The van der Waals surface area contributed by atoms with Crippen LogP contribution in [0.4, 0.5) is 5.69 Å². The van der Waals surface area contributed by atoms with E-state index in [1.54, 1.807) is 30.5 Å². The fraction of sp³-hybridized carbons (Fsp3) is 0.125. The monoisotopic (exact) mass is 315 g/mol. The summed E-state index contributed by atoms with van der Waals surface area (Å²) in [7, 11) is 0. The Morgan fingerprint density at radius 1 is 1.27 bits per heavy atom. The van der Waals surface area contributed by atoms with E-state index in [9.17, 15) is 9.90 Å². The second-order valence-corrected chi connectivity index (χ2v) is 5.49. The molecule has 0 aliphatic rings. The topological polar surface area (TPSA) is 81.1 Å². The standard InChI is InChI=1S/C16H14ClN3O2/c17-11-6-4-10(5-7-11)8-15(16(21)22)20-14-3-1-2-13(18)12(14)9-19-20/h1-7,9,15H,8,18H2,(H,21,22). The molecule has 3 rings (SSSR count). The first-order chi connectivity index (χ1) is 10.6. The molecular formula is C16H14ClN3O2. The zero-order valence-electron chi connectivity index (χ0n) is 11.6. The number of rotatable bonds is 4. The third-order valence-electron chi connectivity index (χ3n) is 3.60. The van der Waals surface area contributed by atoms with Crippen molar-refractivity contribution in [1.82, 2.24) is 9.78 Å². The highest BCUT2D eigenvalue weighted by molar-refractivity contribution is 6.30. The molecule has 0 amide bonds. The van der Waals surface area contributed by atoms with Gasteiger partial charge in [-0.25, -0.2) is 4.79 Å². The average molecular weight is 316 g/mol. The molecule has 0 spiro atoms. The van der Waals surface area contributed by atoms with Gasteiger partial charge in [-0.3, -0.25) is 4.68 Å². The second-order valence-electron chi connectivity index (χ2n) is 5.05. The lowest BCUT2D eigenvalue weighted by molar-refractivity contribution is -0.141. The molecule has 1 atom stereocenters. The van der Waals surface area contributed by atoms with Gasteiger partial charge in [0.25, 0.3) is 0 Å². The number of hydrogen-bond acceptors (Lipinski definition) is 3. The summed E-state index contributed by atoms with van der Waals surface area (Å²) in [6.45, 7) is 0. The smallest absolute Gasteiger partial charge is 0.328 e. The van der Waals surface area contributed by atoms with Crippen molar-refractivity contribution in [2.24, 2.45) is 0 Å². The van der Waals surface area contributed by atoms with Crippen molar-refractivity contribution in [3.8, 4) is 0 Å². The lowest BCUT2D eigenvalue weighted by atomic mass is 10.1. The van der Waals surface area contributed by atoms with E-state index in [1.807, 2.05) is 18.2 Å². The van der Waals surface area contributed by atoms with Crippen molar-refractivity contribution in [2.45, 2.75) is 12.5 Å².